The van der Waals surface area contributed by atoms with Crippen molar-refractivity contribution in [2.75, 3.05) is 26.6 Å². The Labute approximate surface area is 414 Å². The molecule has 7 aromatic rings. The largest absolute Gasteiger partial charge is 0.351 e. The van der Waals surface area contributed by atoms with E-state index in [1.807, 2.05) is 0 Å². The van der Waals surface area contributed by atoms with Gasteiger partial charge in [0, 0.05) is 22.4 Å². The molecule has 0 aliphatic carbocycles. The number of carbonyl (C=O) groups excluding carboxylic acids is 1. The molecule has 0 spiro atoms. The number of carbonyl (C=O) groups is 1. The summed E-state index contributed by atoms with van der Waals surface area (Å²) in [5.74, 6) is -1.21. The van der Waals surface area contributed by atoms with Gasteiger partial charge in [0.25, 0.3) is 50.6 Å². The van der Waals surface area contributed by atoms with Crippen molar-refractivity contribution in [2.45, 2.75) is 24.5 Å². The van der Waals surface area contributed by atoms with Crippen LogP contribution in [-0.4, -0.2) is 101 Å². The summed E-state index contributed by atoms with van der Waals surface area (Å²) in [6, 6.07) is 13.0. The second kappa shape index (κ2) is 19.6. The molecule has 0 saturated heterocycles. The van der Waals surface area contributed by atoms with Gasteiger partial charge in [-0.25, -0.2) is 4.79 Å². The molecule has 0 bridgehead atoms. The average molecular weight is 1130 g/mol. The molecule has 72 heavy (non-hydrogen) atoms. The summed E-state index contributed by atoms with van der Waals surface area (Å²) in [6.07, 6.45) is 0. The van der Waals surface area contributed by atoms with E-state index < -0.39 is 108 Å². The van der Waals surface area contributed by atoms with Crippen LogP contribution in [0, 0.1) is 0 Å². The summed E-state index contributed by atoms with van der Waals surface area (Å²) < 4.78 is 170. The van der Waals surface area contributed by atoms with E-state index in [9.17, 15) is 69.6 Å². The number of halogens is 2. The highest BCUT2D eigenvalue weighted by Crippen LogP contribution is 2.38. The molecule has 0 radical (unpaired) electrons. The van der Waals surface area contributed by atoms with E-state index in [0.29, 0.717) is 24.3 Å². The number of benzene rings is 5. The lowest BCUT2D eigenvalue weighted by molar-refractivity contribution is 0.259. The third-order valence-electron chi connectivity index (χ3n) is 8.96. The van der Waals surface area contributed by atoms with Gasteiger partial charge < -0.3 is 32.3 Å². The van der Waals surface area contributed by atoms with Gasteiger partial charge in [-0.2, -0.15) is 72.0 Å². The van der Waals surface area contributed by atoms with E-state index in [4.69, 9.17) is 28.9 Å². The molecule has 2 amide bonds. The van der Waals surface area contributed by atoms with Crippen LogP contribution in [0.1, 0.15) is 0 Å². The molecule has 37 heteroatoms. The van der Waals surface area contributed by atoms with E-state index in [2.05, 4.69) is 66.7 Å². The van der Waals surface area contributed by atoms with Crippen molar-refractivity contribution in [1.82, 2.24) is 29.9 Å². The maximum Gasteiger partial charge on any atom is 0.316 e. The van der Waals surface area contributed by atoms with Crippen molar-refractivity contribution in [3.63, 3.8) is 0 Å². The van der Waals surface area contributed by atoms with Crippen molar-refractivity contribution in [3.05, 3.63) is 95.5 Å². The van der Waals surface area contributed by atoms with Gasteiger partial charge in [-0.05, 0) is 107 Å². The molecule has 12 N–H and O–H groups in total. The Kier molecular flexibility index (Phi) is 14.3. The Morgan fingerprint density at radius 1 is 0.472 bits per heavy atom. The number of primary amides is 1. The second-order valence-corrected chi connectivity index (χ2v) is 21.7. The highest BCUT2D eigenvalue weighted by molar-refractivity contribution is 7.87. The summed E-state index contributed by atoms with van der Waals surface area (Å²) in [7, 11) is -25.1. The summed E-state index contributed by atoms with van der Waals surface area (Å²) in [4.78, 5) is 31.8. The Morgan fingerprint density at radius 2 is 0.958 bits per heavy atom. The minimum absolute atomic E-state index is 0.0435. The molecule has 0 aliphatic heterocycles. The van der Waals surface area contributed by atoms with E-state index in [1.165, 1.54) is 36.4 Å². The lowest BCUT2D eigenvalue weighted by Gasteiger charge is -2.14. The van der Waals surface area contributed by atoms with Crippen LogP contribution in [0.25, 0.3) is 10.8 Å². The first-order valence-corrected chi connectivity index (χ1v) is 26.6. The first kappa shape index (κ1) is 52.4. The highest BCUT2D eigenvalue weighted by atomic mass is 35.5. The van der Waals surface area contributed by atoms with Crippen LogP contribution in [-0.2, 0) is 50.6 Å². The maximum atomic E-state index is 12.4. The van der Waals surface area contributed by atoms with Gasteiger partial charge in [-0.1, -0.05) is 6.07 Å². The number of rotatable bonds is 16. The number of aromatic nitrogens is 6. The highest BCUT2D eigenvalue weighted by Gasteiger charge is 2.25. The molecule has 2 aromatic heterocycles. The fraction of sp³-hybridized carbons (Fsp3) is 0. The molecule has 0 aliphatic rings. The number of fused-ring (bicyclic) bond motifs is 1. The monoisotopic (exact) mass is 1130 g/mol. The molecule has 2 heterocycles. The Bertz CT molecular complexity index is 4030. The molecule has 30 nitrogen and oxygen atoms in total. The Hall–Kier alpha value is -7.42. The number of anilines is 9. The first-order chi connectivity index (χ1) is 33.4. The van der Waals surface area contributed by atoms with Gasteiger partial charge in [-0.3, -0.25) is 22.8 Å². The van der Waals surface area contributed by atoms with E-state index >= 15 is 0 Å². The summed E-state index contributed by atoms with van der Waals surface area (Å²) >= 11 is 12.3. The predicted octanol–water partition coefficient (Wildman–Crippen LogP) is 5.63. The third kappa shape index (κ3) is 12.9. The van der Waals surface area contributed by atoms with Crippen LogP contribution in [0.3, 0.4) is 0 Å². The smallest absolute Gasteiger partial charge is 0.316 e. The topological polar surface area (TPSA) is 477 Å². The zero-order valence-corrected chi connectivity index (χ0v) is 40.4. The molecule has 0 fully saturated rings. The first-order valence-electron chi connectivity index (χ1n) is 18.7. The van der Waals surface area contributed by atoms with Gasteiger partial charge in [0.1, 0.15) is 26.1 Å². The lowest BCUT2D eigenvalue weighted by Crippen LogP contribution is -2.19. The molecule has 0 atom stereocenters. The van der Waals surface area contributed by atoms with Crippen LogP contribution in [0.15, 0.2) is 120 Å². The van der Waals surface area contributed by atoms with Crippen molar-refractivity contribution in [3.8, 4) is 0 Å². The average Bonchev–Trinajstić information content (AvgIpc) is 3.23. The standard InChI is InChI=1S/C35H26Cl2N14O16S5/c36-29-44-33(48-34(45-29)41-18-5-7-26(70(59,60)61)24(12-18)43-35-47-30(37)46-32(49-35)39-16-2-1-3-19(10-16)68(53,54)55)40-17-4-6-22(23(11-17)42-31(38)52)50-51-25-14-21-15(9-28(25)72(65,66)67)8-20(69(56,57)58)13-27(21)71(62,63)64/h1-14H,(H3,38,42,52)(H,53,54,55)(H,56,57,58)(H,59,60,61)(H,62,63,64)(H,65,66,67)(H2,39,43,46,47,49)(H2,40,41,44,45,48). The third-order valence-corrected chi connectivity index (χ3v) is 13.7. The van der Waals surface area contributed by atoms with E-state index in [1.54, 1.807) is 0 Å². The van der Waals surface area contributed by atoms with Crippen molar-refractivity contribution in [1.29, 1.82) is 0 Å². The maximum absolute atomic E-state index is 12.4. The van der Waals surface area contributed by atoms with Crippen molar-refractivity contribution < 1.29 is 69.6 Å². The predicted molar refractivity (Wildman–Crippen MR) is 253 cm³/mol. The number of nitrogens with one attached hydrogen (secondary N) is 5. The molecule has 7 rings (SSSR count). The fourth-order valence-corrected chi connectivity index (χ4v) is 9.57. The number of urea groups is 1. The molecular weight excluding hydrogens is 1100 g/mol. The quantitative estimate of drug-likeness (QED) is 0.0412. The molecule has 0 unspecified atom stereocenters. The van der Waals surface area contributed by atoms with Crippen molar-refractivity contribution >= 4 is 154 Å². The van der Waals surface area contributed by atoms with Gasteiger partial charge >= 0.3 is 6.03 Å². The van der Waals surface area contributed by atoms with Crippen LogP contribution in [0.4, 0.5) is 68.4 Å². The summed E-state index contributed by atoms with van der Waals surface area (Å²) in [5, 5.41) is 18.8. The molecular formula is C35H26Cl2N14O16S5. The molecule has 5 aromatic carbocycles. The number of azo groups is 1. The Morgan fingerprint density at radius 3 is 1.47 bits per heavy atom. The van der Waals surface area contributed by atoms with E-state index in [0.717, 1.165) is 24.3 Å². The molecule has 376 valence electrons. The minimum Gasteiger partial charge on any atom is -0.351 e. The minimum atomic E-state index is -5.26. The molecule has 0 saturated carbocycles. The van der Waals surface area contributed by atoms with Gasteiger partial charge in [0.2, 0.25) is 34.4 Å². The fourth-order valence-electron chi connectivity index (χ4n) is 6.10. The number of nitrogens with zero attached hydrogens (tertiary/aromatic N) is 8. The summed E-state index contributed by atoms with van der Waals surface area (Å²) in [6.45, 7) is 0. The van der Waals surface area contributed by atoms with Crippen LogP contribution >= 0.6 is 23.2 Å². The van der Waals surface area contributed by atoms with Gasteiger partial charge in [0.05, 0.1) is 21.2 Å². The second-order valence-electron chi connectivity index (χ2n) is 14.0. The van der Waals surface area contributed by atoms with E-state index in [-0.39, 0.29) is 57.9 Å². The van der Waals surface area contributed by atoms with Gasteiger partial charge in [-0.15, -0.1) is 10.2 Å². The van der Waals surface area contributed by atoms with Crippen LogP contribution in [0.2, 0.25) is 10.6 Å². The number of hydrogen-bond donors (Lipinski definition) is 11. The summed E-state index contributed by atoms with van der Waals surface area (Å²) in [5.41, 5.74) is 3.95. The lowest BCUT2D eigenvalue weighted by atomic mass is 10.1. The zero-order valence-electron chi connectivity index (χ0n) is 34.8. The van der Waals surface area contributed by atoms with Crippen LogP contribution in [0.5, 0.6) is 0 Å². The normalized spacial score (nSPS) is 12.4. The SMILES string of the molecule is NC(=O)Nc1cc(Nc2nc(Cl)nc(Nc3ccc(S(=O)(=O)O)c(Nc4nc(Cl)nc(Nc5cccc(S(=O)(=O)O)c5)n4)c3)n2)ccc1N=Nc1cc2c(S(=O)(=O)O)cc(S(=O)(=O)O)cc2cc1S(=O)(=O)O. The van der Waals surface area contributed by atoms with Gasteiger partial charge in [0.15, 0.2) is 0 Å². The van der Waals surface area contributed by atoms with Crippen LogP contribution < -0.4 is 32.3 Å². The zero-order chi connectivity index (χ0) is 52.7. The Balaban J connectivity index is 1.17. The number of hydrogen-bond acceptors (Lipinski definition) is 23. The van der Waals surface area contributed by atoms with Crippen molar-refractivity contribution in [2.24, 2.45) is 16.0 Å². The number of nitrogens with two attached hydrogens (primary N) is 1. The number of amides is 2.